The summed E-state index contributed by atoms with van der Waals surface area (Å²) in [6, 6.07) is 9.80. The third-order valence-corrected chi connectivity index (χ3v) is 9.56. The van der Waals surface area contributed by atoms with Gasteiger partial charge in [0.2, 0.25) is 11.7 Å². The molecule has 318 valence electrons. The summed E-state index contributed by atoms with van der Waals surface area (Å²) in [6.45, 7) is 6.33. The van der Waals surface area contributed by atoms with Crippen LogP contribution in [-0.4, -0.2) is 93.5 Å². The van der Waals surface area contributed by atoms with E-state index in [-0.39, 0.29) is 39.4 Å². The SMILES string of the molecule is CC(=O)Nc1cc(NCCOCCOCCOCCNCCCOc2cc(C(N)=O)c(Nc3ccc(I)cc3F)c(F)c2F)ccc1C(=O)Nc1nc(C)c([N+](=O)[O-])s1. The number of thiazole rings is 1. The average Bonchev–Trinajstić information content (AvgIpc) is 3.55. The molecule has 0 fully saturated rings. The normalized spacial score (nSPS) is 10.9. The van der Waals surface area contributed by atoms with Crippen molar-refractivity contribution in [2.45, 2.75) is 20.3 Å². The van der Waals surface area contributed by atoms with Crippen LogP contribution in [0.4, 0.5) is 46.1 Å². The van der Waals surface area contributed by atoms with Gasteiger partial charge in [0.05, 0.1) is 79.4 Å². The van der Waals surface area contributed by atoms with Crippen LogP contribution in [0, 0.1) is 38.1 Å². The zero-order valence-electron chi connectivity index (χ0n) is 31.9. The molecule has 59 heavy (non-hydrogen) atoms. The monoisotopic (exact) mass is 958 g/mol. The number of aryl methyl sites for hydroxylation is 1. The van der Waals surface area contributed by atoms with E-state index < -0.39 is 57.1 Å². The van der Waals surface area contributed by atoms with E-state index in [9.17, 15) is 37.7 Å². The van der Waals surface area contributed by atoms with Crippen LogP contribution in [0.15, 0.2) is 42.5 Å². The molecule has 4 rings (SSSR count). The van der Waals surface area contributed by atoms with Gasteiger partial charge in [-0.1, -0.05) is 0 Å². The van der Waals surface area contributed by atoms with Gasteiger partial charge in [-0.25, -0.2) is 13.8 Å². The van der Waals surface area contributed by atoms with E-state index in [1.165, 1.54) is 32.0 Å². The second kappa shape index (κ2) is 23.5. The molecule has 0 saturated carbocycles. The predicted molar refractivity (Wildman–Crippen MR) is 223 cm³/mol. The number of aromatic nitrogens is 1. The summed E-state index contributed by atoms with van der Waals surface area (Å²) in [5.41, 5.74) is 5.42. The summed E-state index contributed by atoms with van der Waals surface area (Å²) in [6.07, 6.45) is 0.425. The maximum absolute atomic E-state index is 14.9. The molecular formula is C37H42F3IN8O9S. The Morgan fingerprint density at radius 3 is 2.20 bits per heavy atom. The van der Waals surface area contributed by atoms with E-state index in [0.29, 0.717) is 75.0 Å². The number of nitrogens with two attached hydrogens (primary N) is 1. The van der Waals surface area contributed by atoms with Gasteiger partial charge in [-0.3, -0.25) is 29.8 Å². The fourth-order valence-corrected chi connectivity index (χ4v) is 6.36. The van der Waals surface area contributed by atoms with Gasteiger partial charge >= 0.3 is 5.00 Å². The number of anilines is 5. The number of amides is 3. The van der Waals surface area contributed by atoms with Gasteiger partial charge in [0.1, 0.15) is 11.5 Å². The van der Waals surface area contributed by atoms with Crippen LogP contribution < -0.4 is 37.1 Å². The van der Waals surface area contributed by atoms with Crippen molar-refractivity contribution in [3.63, 3.8) is 0 Å². The molecule has 17 nitrogen and oxygen atoms in total. The molecule has 0 atom stereocenters. The number of ether oxygens (including phenoxy) is 4. The third kappa shape index (κ3) is 14.6. The molecule has 3 aromatic carbocycles. The Kier molecular flexibility index (Phi) is 18.5. The van der Waals surface area contributed by atoms with Gasteiger partial charge in [-0.05, 0) is 96.3 Å². The lowest BCUT2D eigenvalue weighted by molar-refractivity contribution is -0.380. The minimum atomic E-state index is -1.43. The van der Waals surface area contributed by atoms with Crippen molar-refractivity contribution < 1.29 is 51.4 Å². The highest BCUT2D eigenvalue weighted by Crippen LogP contribution is 2.34. The molecule has 4 aromatic rings. The lowest BCUT2D eigenvalue weighted by Gasteiger charge is -2.16. The van der Waals surface area contributed by atoms with E-state index in [1.807, 2.05) is 22.6 Å². The quantitative estimate of drug-likeness (QED) is 0.0195. The van der Waals surface area contributed by atoms with Gasteiger partial charge in [0.25, 0.3) is 11.8 Å². The van der Waals surface area contributed by atoms with Gasteiger partial charge in [0.15, 0.2) is 16.7 Å². The Morgan fingerprint density at radius 1 is 0.864 bits per heavy atom. The molecule has 3 amide bonds. The first-order valence-electron chi connectivity index (χ1n) is 17.9. The molecule has 0 aliphatic rings. The molecule has 7 N–H and O–H groups in total. The zero-order chi connectivity index (χ0) is 42.9. The number of carbonyl (C=O) groups excluding carboxylic acids is 3. The molecule has 0 unspecified atom stereocenters. The number of nitrogens with one attached hydrogen (secondary N) is 5. The Labute approximate surface area is 354 Å². The van der Waals surface area contributed by atoms with Gasteiger partial charge in [-0.2, -0.15) is 4.39 Å². The van der Waals surface area contributed by atoms with Crippen LogP contribution in [0.2, 0.25) is 0 Å². The van der Waals surface area contributed by atoms with E-state index in [4.69, 9.17) is 24.7 Å². The lowest BCUT2D eigenvalue weighted by Crippen LogP contribution is -2.23. The number of primary amides is 1. The first-order valence-corrected chi connectivity index (χ1v) is 19.8. The molecule has 1 aromatic heterocycles. The van der Waals surface area contributed by atoms with E-state index in [2.05, 4.69) is 31.6 Å². The van der Waals surface area contributed by atoms with Crippen molar-refractivity contribution in [2.75, 3.05) is 87.1 Å². The summed E-state index contributed by atoms with van der Waals surface area (Å²) in [5, 5.41) is 24.9. The number of nitro groups is 1. The summed E-state index contributed by atoms with van der Waals surface area (Å²) in [4.78, 5) is 51.3. The number of benzene rings is 3. The van der Waals surface area contributed by atoms with Crippen LogP contribution in [0.1, 0.15) is 39.8 Å². The largest absolute Gasteiger partial charge is 0.490 e. The maximum Gasteiger partial charge on any atom is 0.348 e. The van der Waals surface area contributed by atoms with Crippen molar-refractivity contribution in [1.82, 2.24) is 10.3 Å². The van der Waals surface area contributed by atoms with Gasteiger partial charge in [0, 0.05) is 29.3 Å². The lowest BCUT2D eigenvalue weighted by atomic mass is 10.1. The Morgan fingerprint density at radius 2 is 1.56 bits per heavy atom. The summed E-state index contributed by atoms with van der Waals surface area (Å²) in [7, 11) is 0. The fourth-order valence-electron chi connectivity index (χ4n) is 5.13. The highest BCUT2D eigenvalue weighted by atomic mass is 127. The Bertz CT molecular complexity index is 2110. The van der Waals surface area contributed by atoms with Crippen molar-refractivity contribution in [2.24, 2.45) is 5.73 Å². The predicted octanol–water partition coefficient (Wildman–Crippen LogP) is 5.96. The Balaban J connectivity index is 1.04. The van der Waals surface area contributed by atoms with Crippen LogP contribution in [0.3, 0.4) is 0 Å². The topological polar surface area (TPSA) is 230 Å². The maximum atomic E-state index is 14.9. The summed E-state index contributed by atoms with van der Waals surface area (Å²) < 4.78 is 66.6. The molecule has 0 saturated heterocycles. The van der Waals surface area contributed by atoms with Gasteiger partial charge in [-0.15, -0.1) is 0 Å². The highest BCUT2D eigenvalue weighted by Gasteiger charge is 2.24. The van der Waals surface area contributed by atoms with Crippen LogP contribution in [0.25, 0.3) is 0 Å². The second-order valence-corrected chi connectivity index (χ2v) is 14.5. The van der Waals surface area contributed by atoms with E-state index in [1.54, 1.807) is 18.2 Å². The summed E-state index contributed by atoms with van der Waals surface area (Å²) in [5.74, 6) is -6.03. The smallest absolute Gasteiger partial charge is 0.348 e. The zero-order valence-corrected chi connectivity index (χ0v) is 34.9. The van der Waals surface area contributed by atoms with Crippen LogP contribution in [-0.2, 0) is 19.0 Å². The average molecular weight is 959 g/mol. The molecule has 0 spiro atoms. The number of halogens is 4. The number of rotatable bonds is 25. The molecule has 0 aliphatic carbocycles. The van der Waals surface area contributed by atoms with Crippen molar-refractivity contribution in [3.8, 4) is 5.75 Å². The van der Waals surface area contributed by atoms with Crippen LogP contribution in [0.5, 0.6) is 5.75 Å². The molecule has 1 heterocycles. The molecule has 0 bridgehead atoms. The minimum Gasteiger partial charge on any atom is -0.490 e. The first-order chi connectivity index (χ1) is 28.2. The van der Waals surface area contributed by atoms with Crippen LogP contribution >= 0.6 is 33.9 Å². The molecule has 22 heteroatoms. The standard InChI is InChI=1S/C37H42F3IN8O9S/c1-21-36(49(53)54)59-37(45-21)48-35(52)25-6-5-24(19-29(25)46-22(2)50)44-10-13-56-15-17-57-16-14-55-12-9-43-8-3-11-58-30-20-26(34(42)51)33(32(40)31(30)39)47-28-7-4-23(41)18-27(28)38/h4-7,18-20,43-44,47H,3,8-17H2,1-2H3,(H2,42,51)(H,46,50)(H,45,48,52). The highest BCUT2D eigenvalue weighted by molar-refractivity contribution is 14.1. The fraction of sp³-hybridized carbons (Fsp3) is 0.351. The van der Waals surface area contributed by atoms with E-state index >= 15 is 0 Å². The molecule has 0 radical (unpaired) electrons. The second-order valence-electron chi connectivity index (χ2n) is 12.3. The van der Waals surface area contributed by atoms with E-state index in [0.717, 1.165) is 17.4 Å². The Hall–Kier alpha value is -5.14. The molecule has 0 aliphatic heterocycles. The number of hydrogen-bond donors (Lipinski definition) is 6. The number of carbonyl (C=O) groups is 3. The minimum absolute atomic E-state index is 0.00681. The van der Waals surface area contributed by atoms with Crippen molar-refractivity contribution in [3.05, 3.63) is 90.4 Å². The summed E-state index contributed by atoms with van der Waals surface area (Å²) >= 11 is 2.63. The van der Waals surface area contributed by atoms with Crippen molar-refractivity contribution >= 4 is 84.5 Å². The van der Waals surface area contributed by atoms with Crippen molar-refractivity contribution in [1.29, 1.82) is 0 Å². The number of nitrogens with zero attached hydrogens (tertiary/aromatic N) is 2. The third-order valence-electron chi connectivity index (χ3n) is 7.86. The first kappa shape index (κ1) is 46.5. The molecular weight excluding hydrogens is 916 g/mol. The number of hydrogen-bond acceptors (Lipinski definition) is 14. The van der Waals surface area contributed by atoms with Gasteiger partial charge < -0.3 is 45.9 Å².